The lowest BCUT2D eigenvalue weighted by Gasteiger charge is -2.25. The van der Waals surface area contributed by atoms with Gasteiger partial charge in [0.1, 0.15) is 5.69 Å². The molecule has 0 saturated carbocycles. The van der Waals surface area contributed by atoms with Crippen molar-refractivity contribution in [1.29, 1.82) is 0 Å². The summed E-state index contributed by atoms with van der Waals surface area (Å²) < 4.78 is 6.64. The molecule has 0 aliphatic carbocycles. The molecular formula is C20H21N5O3S. The molecule has 9 heteroatoms. The Hall–Kier alpha value is -2.88. The SMILES string of the molecule is O=C(Nc1nc(CN2CCOCC2)cs1)c1ccc(=O)n(Cc2ccccc2)n1. The van der Waals surface area contributed by atoms with Gasteiger partial charge in [0.2, 0.25) is 0 Å². The molecule has 0 bridgehead atoms. The van der Waals surface area contributed by atoms with Gasteiger partial charge < -0.3 is 4.74 Å². The minimum atomic E-state index is -0.390. The predicted octanol–water partition coefficient (Wildman–Crippen LogP) is 1.83. The van der Waals surface area contributed by atoms with Gasteiger partial charge in [0, 0.05) is 31.1 Å². The van der Waals surface area contributed by atoms with Crippen molar-refractivity contribution in [3.8, 4) is 0 Å². The van der Waals surface area contributed by atoms with Gasteiger partial charge in [0.25, 0.3) is 11.5 Å². The molecule has 0 spiro atoms. The highest BCUT2D eigenvalue weighted by atomic mass is 32.1. The van der Waals surface area contributed by atoms with Crippen molar-refractivity contribution in [1.82, 2.24) is 19.7 Å². The number of benzene rings is 1. The van der Waals surface area contributed by atoms with E-state index in [0.29, 0.717) is 11.7 Å². The van der Waals surface area contributed by atoms with E-state index in [4.69, 9.17) is 4.74 Å². The summed E-state index contributed by atoms with van der Waals surface area (Å²) in [5.74, 6) is -0.390. The molecule has 150 valence electrons. The quantitative estimate of drug-likeness (QED) is 0.666. The first-order valence-corrected chi connectivity index (χ1v) is 10.2. The number of morpholine rings is 1. The van der Waals surface area contributed by atoms with Crippen LogP contribution in [0.15, 0.2) is 52.6 Å². The summed E-state index contributed by atoms with van der Waals surface area (Å²) in [4.78, 5) is 31.4. The highest BCUT2D eigenvalue weighted by Crippen LogP contribution is 2.18. The molecule has 1 aliphatic rings. The summed E-state index contributed by atoms with van der Waals surface area (Å²) in [7, 11) is 0. The van der Waals surface area contributed by atoms with Crippen LogP contribution in [0, 0.1) is 0 Å². The van der Waals surface area contributed by atoms with Crippen LogP contribution in [0.1, 0.15) is 21.7 Å². The Kier molecular flexibility index (Phi) is 6.09. The average Bonchev–Trinajstić information content (AvgIpc) is 3.18. The van der Waals surface area contributed by atoms with Gasteiger partial charge in [-0.15, -0.1) is 11.3 Å². The number of ether oxygens (including phenoxy) is 1. The molecule has 1 aromatic carbocycles. The molecule has 4 rings (SSSR count). The van der Waals surface area contributed by atoms with E-state index < -0.39 is 0 Å². The van der Waals surface area contributed by atoms with E-state index in [1.165, 1.54) is 28.2 Å². The van der Waals surface area contributed by atoms with E-state index >= 15 is 0 Å². The molecule has 8 nitrogen and oxygen atoms in total. The van der Waals surface area contributed by atoms with E-state index in [0.717, 1.165) is 44.1 Å². The molecule has 29 heavy (non-hydrogen) atoms. The van der Waals surface area contributed by atoms with Crippen molar-refractivity contribution in [2.24, 2.45) is 0 Å². The number of carbonyl (C=O) groups is 1. The van der Waals surface area contributed by atoms with Crippen LogP contribution in [0.25, 0.3) is 0 Å². The van der Waals surface area contributed by atoms with E-state index in [1.807, 2.05) is 35.7 Å². The van der Waals surface area contributed by atoms with Crippen LogP contribution in [-0.2, 0) is 17.8 Å². The monoisotopic (exact) mass is 411 g/mol. The van der Waals surface area contributed by atoms with Crippen molar-refractivity contribution >= 4 is 22.4 Å². The maximum absolute atomic E-state index is 12.6. The minimum absolute atomic E-state index is 0.172. The Balaban J connectivity index is 1.42. The lowest BCUT2D eigenvalue weighted by Crippen LogP contribution is -2.35. The number of anilines is 1. The molecule has 3 aromatic rings. The highest BCUT2D eigenvalue weighted by molar-refractivity contribution is 7.13. The Morgan fingerprint density at radius 1 is 1.10 bits per heavy atom. The van der Waals surface area contributed by atoms with E-state index in [-0.39, 0.29) is 17.2 Å². The number of aromatic nitrogens is 3. The van der Waals surface area contributed by atoms with Gasteiger partial charge in [-0.2, -0.15) is 5.10 Å². The zero-order valence-corrected chi connectivity index (χ0v) is 16.6. The zero-order valence-electron chi connectivity index (χ0n) is 15.8. The molecule has 1 aliphatic heterocycles. The first-order valence-electron chi connectivity index (χ1n) is 9.35. The van der Waals surface area contributed by atoms with Crippen LogP contribution in [0.3, 0.4) is 0 Å². The van der Waals surface area contributed by atoms with E-state index in [1.54, 1.807) is 0 Å². The Morgan fingerprint density at radius 2 is 1.90 bits per heavy atom. The largest absolute Gasteiger partial charge is 0.379 e. The third kappa shape index (κ3) is 5.14. The van der Waals surface area contributed by atoms with Crippen molar-refractivity contribution in [3.63, 3.8) is 0 Å². The van der Waals surface area contributed by atoms with Gasteiger partial charge in [0.05, 0.1) is 25.5 Å². The number of hydrogen-bond acceptors (Lipinski definition) is 7. The minimum Gasteiger partial charge on any atom is -0.379 e. The van der Waals surface area contributed by atoms with Crippen molar-refractivity contribution < 1.29 is 9.53 Å². The van der Waals surface area contributed by atoms with Crippen molar-refractivity contribution in [2.75, 3.05) is 31.6 Å². The van der Waals surface area contributed by atoms with Gasteiger partial charge in [0.15, 0.2) is 5.13 Å². The first-order chi connectivity index (χ1) is 14.2. The van der Waals surface area contributed by atoms with Crippen LogP contribution in [0.2, 0.25) is 0 Å². The van der Waals surface area contributed by atoms with Crippen LogP contribution < -0.4 is 10.9 Å². The van der Waals surface area contributed by atoms with Crippen molar-refractivity contribution in [2.45, 2.75) is 13.1 Å². The van der Waals surface area contributed by atoms with Gasteiger partial charge in [-0.05, 0) is 11.6 Å². The zero-order chi connectivity index (χ0) is 20.1. The molecule has 0 unspecified atom stereocenters. The molecule has 1 amide bonds. The molecule has 1 fully saturated rings. The normalized spacial score (nSPS) is 14.6. The summed E-state index contributed by atoms with van der Waals surface area (Å²) in [5.41, 5.74) is 1.76. The molecule has 0 radical (unpaired) electrons. The van der Waals surface area contributed by atoms with Crippen molar-refractivity contribution in [3.05, 3.63) is 75.1 Å². The highest BCUT2D eigenvalue weighted by Gasteiger charge is 2.15. The summed E-state index contributed by atoms with van der Waals surface area (Å²) in [5, 5.41) is 9.44. The number of amides is 1. The fraction of sp³-hybridized carbons (Fsp3) is 0.300. The molecule has 1 saturated heterocycles. The summed E-state index contributed by atoms with van der Waals surface area (Å²) in [6.45, 7) is 4.27. The number of rotatable bonds is 6. The lowest BCUT2D eigenvalue weighted by atomic mass is 10.2. The number of nitrogens with zero attached hydrogens (tertiary/aromatic N) is 4. The molecule has 3 heterocycles. The predicted molar refractivity (Wildman–Crippen MR) is 110 cm³/mol. The molecule has 1 N–H and O–H groups in total. The van der Waals surface area contributed by atoms with Gasteiger partial charge in [-0.3, -0.25) is 19.8 Å². The Bertz CT molecular complexity index is 1030. The maximum atomic E-state index is 12.6. The second-order valence-electron chi connectivity index (χ2n) is 6.69. The van der Waals surface area contributed by atoms with Crippen LogP contribution in [0.5, 0.6) is 0 Å². The number of carbonyl (C=O) groups excluding carboxylic acids is 1. The molecule has 2 aromatic heterocycles. The number of hydrogen-bond donors (Lipinski definition) is 1. The third-order valence-electron chi connectivity index (χ3n) is 4.54. The summed E-state index contributed by atoms with van der Waals surface area (Å²) in [6.07, 6.45) is 0. The van der Waals surface area contributed by atoms with E-state index in [9.17, 15) is 9.59 Å². The van der Waals surface area contributed by atoms with Crippen LogP contribution in [-0.4, -0.2) is 51.9 Å². The fourth-order valence-electron chi connectivity index (χ4n) is 3.03. The molecular weight excluding hydrogens is 390 g/mol. The Labute approximate surface area is 171 Å². The van der Waals surface area contributed by atoms with E-state index in [2.05, 4.69) is 20.3 Å². The van der Waals surface area contributed by atoms with Crippen LogP contribution >= 0.6 is 11.3 Å². The smallest absolute Gasteiger partial charge is 0.277 e. The van der Waals surface area contributed by atoms with Crippen LogP contribution in [0.4, 0.5) is 5.13 Å². The number of nitrogens with one attached hydrogen (secondary N) is 1. The molecule has 0 atom stereocenters. The van der Waals surface area contributed by atoms with Gasteiger partial charge >= 0.3 is 0 Å². The number of thiazole rings is 1. The van der Waals surface area contributed by atoms with Gasteiger partial charge in [-0.1, -0.05) is 30.3 Å². The maximum Gasteiger partial charge on any atom is 0.277 e. The third-order valence-corrected chi connectivity index (χ3v) is 5.34. The lowest BCUT2D eigenvalue weighted by molar-refractivity contribution is 0.0337. The standard InChI is InChI=1S/C20H21N5O3S/c26-18-7-6-17(23-25(18)12-15-4-2-1-3-5-15)19(27)22-20-21-16(14-29-20)13-24-8-10-28-11-9-24/h1-7,14H,8-13H2,(H,21,22,27). The average molecular weight is 411 g/mol. The summed E-state index contributed by atoms with van der Waals surface area (Å²) >= 11 is 1.37. The fourth-order valence-corrected chi connectivity index (χ4v) is 3.72. The topological polar surface area (TPSA) is 89.4 Å². The first kappa shape index (κ1) is 19.4. The second kappa shape index (κ2) is 9.08. The Morgan fingerprint density at radius 3 is 2.69 bits per heavy atom. The second-order valence-corrected chi connectivity index (χ2v) is 7.54. The van der Waals surface area contributed by atoms with Gasteiger partial charge in [-0.25, -0.2) is 9.67 Å². The summed E-state index contributed by atoms with van der Waals surface area (Å²) in [6, 6.07) is 12.3.